The molecule has 0 N–H and O–H groups in total. The standard InChI is InChI=1S/C65H46N2/c1-7-22-47(23-8-1)58-36-21-37-60-64(58)59-44-43-56(46-61(59)65(60,50-27-11-3-12-28-50)51-29-13-4-14-30-51)67(62-45-38-48-24-19-20-35-57(48)63(62)49-25-9-2-10-26-49)55-41-39-54(40-42-55)66(52-31-15-5-16-32-52)53-33-17-6-18-34-53/h1-46H. The Hall–Kier alpha value is -8.72. The number of anilines is 6. The van der Waals surface area contributed by atoms with Gasteiger partial charge in [0.05, 0.1) is 11.1 Å². The van der Waals surface area contributed by atoms with Crippen molar-refractivity contribution in [2.24, 2.45) is 0 Å². The van der Waals surface area contributed by atoms with Crippen LogP contribution in [0.5, 0.6) is 0 Å². The molecular weight excluding hydrogens is 809 g/mol. The lowest BCUT2D eigenvalue weighted by atomic mass is 9.67. The number of fused-ring (bicyclic) bond motifs is 4. The van der Waals surface area contributed by atoms with E-state index in [2.05, 4.69) is 289 Å². The Balaban J connectivity index is 1.14. The zero-order valence-corrected chi connectivity index (χ0v) is 37.0. The van der Waals surface area contributed by atoms with Crippen LogP contribution in [0.15, 0.2) is 279 Å². The van der Waals surface area contributed by atoms with Gasteiger partial charge in [0.1, 0.15) is 0 Å². The van der Waals surface area contributed by atoms with E-state index in [1.807, 2.05) is 0 Å². The van der Waals surface area contributed by atoms with Crippen molar-refractivity contribution < 1.29 is 0 Å². The van der Waals surface area contributed by atoms with E-state index in [1.165, 1.54) is 66.4 Å². The van der Waals surface area contributed by atoms with E-state index in [0.29, 0.717) is 0 Å². The van der Waals surface area contributed by atoms with Crippen molar-refractivity contribution in [1.82, 2.24) is 0 Å². The van der Waals surface area contributed by atoms with Gasteiger partial charge in [-0.15, -0.1) is 0 Å². The molecular formula is C65H46N2. The van der Waals surface area contributed by atoms with Crippen LogP contribution in [0.1, 0.15) is 22.3 Å². The fraction of sp³-hybridized carbons (Fsp3) is 0.0154. The zero-order valence-electron chi connectivity index (χ0n) is 37.0. The van der Waals surface area contributed by atoms with Gasteiger partial charge in [0.2, 0.25) is 0 Å². The number of para-hydroxylation sites is 2. The first-order valence-electron chi connectivity index (χ1n) is 23.1. The summed E-state index contributed by atoms with van der Waals surface area (Å²) in [6, 6.07) is 102. The van der Waals surface area contributed by atoms with Crippen LogP contribution in [0.2, 0.25) is 0 Å². The molecule has 1 aliphatic carbocycles. The van der Waals surface area contributed by atoms with Crippen LogP contribution in [0.25, 0.3) is 44.2 Å². The molecule has 0 radical (unpaired) electrons. The Morgan fingerprint density at radius 3 is 1.34 bits per heavy atom. The van der Waals surface area contributed by atoms with Gasteiger partial charge in [0.25, 0.3) is 0 Å². The second-order valence-electron chi connectivity index (χ2n) is 17.2. The number of benzene rings is 11. The van der Waals surface area contributed by atoms with E-state index in [4.69, 9.17) is 0 Å². The number of rotatable bonds is 10. The third-order valence-electron chi connectivity index (χ3n) is 13.5. The van der Waals surface area contributed by atoms with Gasteiger partial charge >= 0.3 is 0 Å². The molecule has 0 aliphatic heterocycles. The highest BCUT2D eigenvalue weighted by Crippen LogP contribution is 2.59. The average Bonchev–Trinajstić information content (AvgIpc) is 3.71. The van der Waals surface area contributed by atoms with Gasteiger partial charge < -0.3 is 9.80 Å². The fourth-order valence-electron chi connectivity index (χ4n) is 10.7. The topological polar surface area (TPSA) is 6.48 Å². The molecule has 2 heteroatoms. The minimum Gasteiger partial charge on any atom is -0.311 e. The molecule has 2 nitrogen and oxygen atoms in total. The third-order valence-corrected chi connectivity index (χ3v) is 13.5. The predicted octanol–water partition coefficient (Wildman–Crippen LogP) is 17.5. The van der Waals surface area contributed by atoms with Crippen molar-refractivity contribution >= 4 is 44.9 Å². The predicted molar refractivity (Wildman–Crippen MR) is 281 cm³/mol. The van der Waals surface area contributed by atoms with Gasteiger partial charge in [-0.25, -0.2) is 0 Å². The molecule has 0 saturated carbocycles. The molecule has 316 valence electrons. The summed E-state index contributed by atoms with van der Waals surface area (Å²) >= 11 is 0. The quantitative estimate of drug-likeness (QED) is 0.135. The van der Waals surface area contributed by atoms with Gasteiger partial charge in [0, 0.05) is 34.0 Å². The summed E-state index contributed by atoms with van der Waals surface area (Å²) in [4.78, 5) is 4.81. The summed E-state index contributed by atoms with van der Waals surface area (Å²) in [5.41, 5.74) is 18.2. The van der Waals surface area contributed by atoms with Crippen LogP contribution in [0, 0.1) is 0 Å². The van der Waals surface area contributed by atoms with Crippen LogP contribution in [-0.4, -0.2) is 0 Å². The summed E-state index contributed by atoms with van der Waals surface area (Å²) in [7, 11) is 0. The summed E-state index contributed by atoms with van der Waals surface area (Å²) in [6.07, 6.45) is 0. The molecule has 0 unspecified atom stereocenters. The van der Waals surface area contributed by atoms with Crippen LogP contribution in [0.4, 0.5) is 34.1 Å². The Morgan fingerprint density at radius 1 is 0.269 bits per heavy atom. The van der Waals surface area contributed by atoms with E-state index in [1.54, 1.807) is 0 Å². The molecule has 0 spiro atoms. The smallest absolute Gasteiger partial charge is 0.0714 e. The second kappa shape index (κ2) is 17.0. The summed E-state index contributed by atoms with van der Waals surface area (Å²) in [5, 5.41) is 2.41. The van der Waals surface area contributed by atoms with Gasteiger partial charge in [-0.1, -0.05) is 212 Å². The van der Waals surface area contributed by atoms with Gasteiger partial charge in [0.15, 0.2) is 0 Å². The zero-order chi connectivity index (χ0) is 44.6. The monoisotopic (exact) mass is 854 g/mol. The maximum absolute atomic E-state index is 2.49. The number of hydrogen-bond donors (Lipinski definition) is 0. The molecule has 0 aromatic heterocycles. The SMILES string of the molecule is c1ccc(-c2cccc3c2-c2ccc(N(c4ccc(N(c5ccccc5)c5ccccc5)cc4)c4ccc5ccccc5c4-c4ccccc4)cc2C3(c2ccccc2)c2ccccc2)cc1. The van der Waals surface area contributed by atoms with E-state index in [-0.39, 0.29) is 0 Å². The highest BCUT2D eigenvalue weighted by Gasteiger charge is 2.47. The lowest BCUT2D eigenvalue weighted by Gasteiger charge is -2.35. The van der Waals surface area contributed by atoms with E-state index in [9.17, 15) is 0 Å². The molecule has 11 aromatic rings. The first-order valence-corrected chi connectivity index (χ1v) is 23.1. The molecule has 0 bridgehead atoms. The first-order chi connectivity index (χ1) is 33.3. The third kappa shape index (κ3) is 6.81. The molecule has 67 heavy (non-hydrogen) atoms. The van der Waals surface area contributed by atoms with Crippen LogP contribution in [-0.2, 0) is 5.41 Å². The van der Waals surface area contributed by atoms with Crippen LogP contribution in [0.3, 0.4) is 0 Å². The highest BCUT2D eigenvalue weighted by molar-refractivity contribution is 6.06. The molecule has 0 amide bonds. The minimum absolute atomic E-state index is 0.610. The summed E-state index contributed by atoms with van der Waals surface area (Å²) in [6.45, 7) is 0. The van der Waals surface area contributed by atoms with Crippen LogP contribution >= 0.6 is 0 Å². The van der Waals surface area contributed by atoms with Crippen molar-refractivity contribution in [3.8, 4) is 33.4 Å². The average molecular weight is 855 g/mol. The summed E-state index contributed by atoms with van der Waals surface area (Å²) in [5.74, 6) is 0. The Labute approximate surface area is 393 Å². The Kier molecular flexibility index (Phi) is 10.1. The normalized spacial score (nSPS) is 12.3. The Bertz CT molecular complexity index is 3400. The molecule has 11 aromatic carbocycles. The van der Waals surface area contributed by atoms with Gasteiger partial charge in [-0.2, -0.15) is 0 Å². The lowest BCUT2D eigenvalue weighted by Crippen LogP contribution is -2.28. The van der Waals surface area contributed by atoms with Crippen LogP contribution < -0.4 is 9.80 Å². The maximum Gasteiger partial charge on any atom is 0.0714 e. The minimum atomic E-state index is -0.610. The largest absolute Gasteiger partial charge is 0.311 e. The van der Waals surface area contributed by atoms with Crippen molar-refractivity contribution in [2.45, 2.75) is 5.41 Å². The molecule has 0 heterocycles. The lowest BCUT2D eigenvalue weighted by molar-refractivity contribution is 0.768. The highest BCUT2D eigenvalue weighted by atomic mass is 15.2. The molecule has 12 rings (SSSR count). The van der Waals surface area contributed by atoms with Crippen molar-refractivity contribution in [2.75, 3.05) is 9.80 Å². The van der Waals surface area contributed by atoms with Crippen molar-refractivity contribution in [3.05, 3.63) is 301 Å². The summed E-state index contributed by atoms with van der Waals surface area (Å²) < 4.78 is 0. The second-order valence-corrected chi connectivity index (χ2v) is 17.2. The maximum atomic E-state index is 2.49. The van der Waals surface area contributed by atoms with Gasteiger partial charge in [-0.3, -0.25) is 0 Å². The van der Waals surface area contributed by atoms with E-state index < -0.39 is 5.41 Å². The molecule has 0 saturated heterocycles. The first kappa shape index (κ1) is 39.8. The van der Waals surface area contributed by atoms with Crippen molar-refractivity contribution in [3.63, 3.8) is 0 Å². The molecule has 0 atom stereocenters. The van der Waals surface area contributed by atoms with E-state index >= 15 is 0 Å². The number of nitrogens with zero attached hydrogens (tertiary/aromatic N) is 2. The van der Waals surface area contributed by atoms with E-state index in [0.717, 1.165) is 34.1 Å². The fourth-order valence-corrected chi connectivity index (χ4v) is 10.7. The number of hydrogen-bond acceptors (Lipinski definition) is 2. The molecule has 1 aliphatic rings. The van der Waals surface area contributed by atoms with Crippen molar-refractivity contribution in [1.29, 1.82) is 0 Å². The van der Waals surface area contributed by atoms with Gasteiger partial charge in [-0.05, 0) is 128 Å². The molecule has 0 fully saturated rings. The Morgan fingerprint density at radius 2 is 0.746 bits per heavy atom.